The van der Waals surface area contributed by atoms with Crippen LogP contribution in [0.25, 0.3) is 0 Å². The molecule has 1 aliphatic rings. The van der Waals surface area contributed by atoms with Crippen molar-refractivity contribution in [3.05, 3.63) is 36.2 Å². The Morgan fingerprint density at radius 1 is 1.19 bits per heavy atom. The van der Waals surface area contributed by atoms with E-state index in [1.807, 2.05) is 6.92 Å². The van der Waals surface area contributed by atoms with Gasteiger partial charge in [-0.15, -0.1) is 0 Å². The number of hydrogen-bond acceptors (Lipinski definition) is 7. The average Bonchev–Trinajstić information content (AvgIpc) is 2.66. The maximum absolute atomic E-state index is 11.8. The molecule has 26 heavy (non-hydrogen) atoms. The van der Waals surface area contributed by atoms with Crippen LogP contribution in [0.15, 0.2) is 40.5 Å². The highest BCUT2D eigenvalue weighted by Crippen LogP contribution is 2.34. The second kappa shape index (κ2) is 8.27. The maximum Gasteiger partial charge on any atom is 0.409 e. The number of amides is 1. The third-order valence-electron chi connectivity index (χ3n) is 4.17. The van der Waals surface area contributed by atoms with Crippen molar-refractivity contribution in [1.29, 1.82) is 0 Å². The van der Waals surface area contributed by atoms with Gasteiger partial charge in [0.1, 0.15) is 17.0 Å². The summed E-state index contributed by atoms with van der Waals surface area (Å²) in [7, 11) is 0. The first-order chi connectivity index (χ1) is 12.6. The number of anilines is 2. The molecule has 0 unspecified atom stereocenters. The summed E-state index contributed by atoms with van der Waals surface area (Å²) in [6.07, 6.45) is 1.28. The molecule has 0 spiro atoms. The van der Waals surface area contributed by atoms with Crippen molar-refractivity contribution >= 4 is 29.4 Å². The summed E-state index contributed by atoms with van der Waals surface area (Å²) >= 11 is 1.53. The quantitative estimate of drug-likeness (QED) is 0.825. The number of benzene rings is 1. The van der Waals surface area contributed by atoms with Crippen molar-refractivity contribution in [2.45, 2.75) is 23.8 Å². The van der Waals surface area contributed by atoms with Gasteiger partial charge in [-0.1, -0.05) is 29.5 Å². The van der Waals surface area contributed by atoms with Crippen LogP contribution >= 0.6 is 11.8 Å². The first-order valence-corrected chi connectivity index (χ1v) is 9.41. The normalized spacial score (nSPS) is 14.4. The molecule has 1 aliphatic heterocycles. The first kappa shape index (κ1) is 18.3. The van der Waals surface area contributed by atoms with Crippen LogP contribution in [0.4, 0.5) is 16.3 Å². The second-order valence-electron chi connectivity index (χ2n) is 6.00. The zero-order valence-electron chi connectivity index (χ0n) is 15.0. The second-order valence-corrected chi connectivity index (χ2v) is 7.07. The van der Waals surface area contributed by atoms with Crippen molar-refractivity contribution in [3.63, 3.8) is 0 Å². The molecule has 8 heteroatoms. The van der Waals surface area contributed by atoms with Crippen molar-refractivity contribution in [1.82, 2.24) is 14.9 Å². The summed E-state index contributed by atoms with van der Waals surface area (Å²) in [5.41, 5.74) is 8.13. The van der Waals surface area contributed by atoms with Gasteiger partial charge in [-0.05, 0) is 26.0 Å². The van der Waals surface area contributed by atoms with Gasteiger partial charge in [-0.2, -0.15) is 0 Å². The SMILES string of the molecule is CCOC(=O)N1CCN(c2ncnc(Sc3ccc(C)cc3)c2N)CC1. The van der Waals surface area contributed by atoms with E-state index in [-0.39, 0.29) is 6.09 Å². The van der Waals surface area contributed by atoms with Crippen LogP contribution in [0.1, 0.15) is 12.5 Å². The molecule has 0 bridgehead atoms. The van der Waals surface area contributed by atoms with E-state index in [0.29, 0.717) is 38.5 Å². The fourth-order valence-corrected chi connectivity index (χ4v) is 3.53. The number of nitrogens with two attached hydrogens (primary N) is 1. The molecule has 138 valence electrons. The van der Waals surface area contributed by atoms with Crippen molar-refractivity contribution in [3.8, 4) is 0 Å². The molecule has 1 amide bonds. The lowest BCUT2D eigenvalue weighted by atomic mass is 10.2. The monoisotopic (exact) mass is 373 g/mol. The van der Waals surface area contributed by atoms with Gasteiger partial charge in [-0.25, -0.2) is 14.8 Å². The van der Waals surface area contributed by atoms with Crippen LogP contribution < -0.4 is 10.6 Å². The van der Waals surface area contributed by atoms with Gasteiger partial charge in [-0.3, -0.25) is 0 Å². The molecule has 0 aliphatic carbocycles. The molecule has 0 radical (unpaired) electrons. The van der Waals surface area contributed by atoms with Gasteiger partial charge in [0.15, 0.2) is 5.82 Å². The predicted octanol–water partition coefficient (Wildman–Crippen LogP) is 2.80. The molecule has 7 nitrogen and oxygen atoms in total. The number of carbonyl (C=O) groups is 1. The minimum atomic E-state index is -0.265. The highest BCUT2D eigenvalue weighted by Gasteiger charge is 2.24. The van der Waals surface area contributed by atoms with Crippen molar-refractivity contribution < 1.29 is 9.53 Å². The molecule has 1 fully saturated rings. The predicted molar refractivity (Wildman–Crippen MR) is 103 cm³/mol. The summed E-state index contributed by atoms with van der Waals surface area (Å²) in [6.45, 7) is 6.75. The third kappa shape index (κ3) is 4.19. The summed E-state index contributed by atoms with van der Waals surface area (Å²) in [5.74, 6) is 0.720. The van der Waals surface area contributed by atoms with Crippen LogP contribution in [0.5, 0.6) is 0 Å². The number of aromatic nitrogens is 2. The van der Waals surface area contributed by atoms with Crippen molar-refractivity contribution in [2.75, 3.05) is 43.4 Å². The number of piperazine rings is 1. The lowest BCUT2D eigenvalue weighted by molar-refractivity contribution is 0.105. The van der Waals surface area contributed by atoms with E-state index in [0.717, 1.165) is 15.7 Å². The van der Waals surface area contributed by atoms with E-state index in [1.54, 1.807) is 11.2 Å². The lowest BCUT2D eigenvalue weighted by Gasteiger charge is -2.35. The molecular formula is C18H23N5O2S. The van der Waals surface area contributed by atoms with E-state index >= 15 is 0 Å². The standard InChI is InChI=1S/C18H23N5O2S/c1-3-25-18(24)23-10-8-22(9-11-23)16-15(19)17(21-12-20-16)26-14-6-4-13(2)5-7-14/h4-7,12H,3,8-11,19H2,1-2H3. The number of hydrogen-bond donors (Lipinski definition) is 1. The van der Waals surface area contributed by atoms with Gasteiger partial charge < -0.3 is 20.3 Å². The largest absolute Gasteiger partial charge is 0.450 e. The first-order valence-electron chi connectivity index (χ1n) is 8.60. The lowest BCUT2D eigenvalue weighted by Crippen LogP contribution is -2.49. The molecule has 1 saturated heterocycles. The van der Waals surface area contributed by atoms with Crippen LogP contribution in [-0.2, 0) is 4.74 Å². The summed E-state index contributed by atoms with van der Waals surface area (Å²) in [4.78, 5) is 25.4. The van der Waals surface area contributed by atoms with Crippen LogP contribution in [-0.4, -0.2) is 53.7 Å². The highest BCUT2D eigenvalue weighted by atomic mass is 32.2. The van der Waals surface area contributed by atoms with Crippen LogP contribution in [0, 0.1) is 6.92 Å². The smallest absolute Gasteiger partial charge is 0.409 e. The van der Waals surface area contributed by atoms with Crippen LogP contribution in [0.3, 0.4) is 0 Å². The molecule has 2 N–H and O–H groups in total. The maximum atomic E-state index is 11.8. The number of carbonyl (C=O) groups excluding carboxylic acids is 1. The summed E-state index contributed by atoms with van der Waals surface area (Å²) in [6, 6.07) is 8.24. The minimum Gasteiger partial charge on any atom is -0.450 e. The Bertz CT molecular complexity index is 761. The summed E-state index contributed by atoms with van der Waals surface area (Å²) < 4.78 is 5.05. The molecule has 1 aromatic carbocycles. The Morgan fingerprint density at radius 3 is 2.54 bits per heavy atom. The van der Waals surface area contributed by atoms with E-state index < -0.39 is 0 Å². The molecule has 2 heterocycles. The van der Waals surface area contributed by atoms with E-state index in [2.05, 4.69) is 46.1 Å². The van der Waals surface area contributed by atoms with E-state index in [4.69, 9.17) is 10.5 Å². The topological polar surface area (TPSA) is 84.6 Å². The van der Waals surface area contributed by atoms with E-state index in [9.17, 15) is 4.79 Å². The van der Waals surface area contributed by atoms with Crippen molar-refractivity contribution in [2.24, 2.45) is 0 Å². The fraction of sp³-hybridized carbons (Fsp3) is 0.389. The van der Waals surface area contributed by atoms with Gasteiger partial charge in [0.25, 0.3) is 0 Å². The summed E-state index contributed by atoms with van der Waals surface area (Å²) in [5, 5.41) is 0.742. The number of rotatable bonds is 4. The minimum absolute atomic E-state index is 0.265. The average molecular weight is 373 g/mol. The van der Waals surface area contributed by atoms with Crippen LogP contribution in [0.2, 0.25) is 0 Å². The number of nitrogen functional groups attached to an aromatic ring is 1. The molecular weight excluding hydrogens is 350 g/mol. The number of nitrogens with zero attached hydrogens (tertiary/aromatic N) is 4. The Hall–Kier alpha value is -2.48. The van der Waals surface area contributed by atoms with Gasteiger partial charge in [0.05, 0.1) is 6.61 Å². The molecule has 2 aromatic rings. The number of ether oxygens (including phenoxy) is 1. The Balaban J connectivity index is 1.70. The Labute approximate surface area is 157 Å². The Kier molecular flexibility index (Phi) is 5.82. The Morgan fingerprint density at radius 2 is 1.88 bits per heavy atom. The zero-order valence-corrected chi connectivity index (χ0v) is 15.8. The zero-order chi connectivity index (χ0) is 18.5. The molecule has 0 atom stereocenters. The van der Waals surface area contributed by atoms with E-state index in [1.165, 1.54) is 17.3 Å². The van der Waals surface area contributed by atoms with Gasteiger partial charge in [0.2, 0.25) is 0 Å². The molecule has 1 aromatic heterocycles. The van der Waals surface area contributed by atoms with Gasteiger partial charge >= 0.3 is 6.09 Å². The third-order valence-corrected chi connectivity index (χ3v) is 5.19. The highest BCUT2D eigenvalue weighted by molar-refractivity contribution is 7.99. The molecule has 3 rings (SSSR count). The number of aryl methyl sites for hydroxylation is 1. The van der Waals surface area contributed by atoms with Gasteiger partial charge in [0, 0.05) is 31.1 Å². The fourth-order valence-electron chi connectivity index (χ4n) is 2.74. The molecule has 0 saturated carbocycles.